The lowest BCUT2D eigenvalue weighted by Crippen LogP contribution is -2.32. The lowest BCUT2D eigenvalue weighted by molar-refractivity contribution is 0.0769. The van der Waals surface area contributed by atoms with Gasteiger partial charge in [-0.25, -0.2) is 12.8 Å². The first-order chi connectivity index (χ1) is 13.7. The van der Waals surface area contributed by atoms with Crippen LogP contribution >= 0.6 is 0 Å². The molecule has 0 amide bonds. The highest BCUT2D eigenvalue weighted by Crippen LogP contribution is 2.39. The van der Waals surface area contributed by atoms with Crippen LogP contribution in [0.4, 0.5) is 10.2 Å². The fourth-order valence-corrected chi connectivity index (χ4v) is 4.38. The van der Waals surface area contributed by atoms with Crippen molar-refractivity contribution in [2.45, 2.75) is 20.0 Å². The van der Waals surface area contributed by atoms with Gasteiger partial charge in [0.15, 0.2) is 11.6 Å². The third-order valence-corrected chi connectivity index (χ3v) is 6.04. The first-order valence-corrected chi connectivity index (χ1v) is 10.8. The number of sulfonamides is 1. The topological polar surface area (TPSA) is 89.7 Å². The molecule has 0 bridgehead atoms. The van der Waals surface area contributed by atoms with E-state index in [2.05, 4.69) is 4.98 Å². The van der Waals surface area contributed by atoms with Gasteiger partial charge in [0.25, 0.3) is 0 Å². The Hall–Kier alpha value is -2.78. The van der Waals surface area contributed by atoms with E-state index in [1.807, 2.05) is 0 Å². The normalized spacial score (nSPS) is 17.2. The Morgan fingerprint density at radius 2 is 1.97 bits per heavy atom. The van der Waals surface area contributed by atoms with Gasteiger partial charge in [0.2, 0.25) is 15.7 Å². The molecule has 0 spiro atoms. The molecule has 0 saturated heterocycles. The number of fused-ring (bicyclic) bond motifs is 2. The average molecular weight is 418 g/mol. The predicted molar refractivity (Wildman–Crippen MR) is 106 cm³/mol. The van der Waals surface area contributed by atoms with Gasteiger partial charge in [-0.15, -0.1) is 0 Å². The summed E-state index contributed by atoms with van der Waals surface area (Å²) >= 11 is 0. The van der Waals surface area contributed by atoms with Crippen LogP contribution in [0.15, 0.2) is 34.7 Å². The summed E-state index contributed by atoms with van der Waals surface area (Å²) in [5, 5.41) is 0.460. The molecule has 1 unspecified atom stereocenters. The fourth-order valence-electron chi connectivity index (χ4n) is 3.51. The van der Waals surface area contributed by atoms with Gasteiger partial charge in [-0.3, -0.25) is 9.10 Å². The first-order valence-electron chi connectivity index (χ1n) is 9.00. The third kappa shape index (κ3) is 3.40. The zero-order chi connectivity index (χ0) is 20.9. The molecule has 29 heavy (non-hydrogen) atoms. The Bertz CT molecular complexity index is 1220. The highest BCUT2D eigenvalue weighted by Gasteiger charge is 2.31. The maximum atomic E-state index is 13.3. The van der Waals surface area contributed by atoms with Crippen LogP contribution in [0.25, 0.3) is 22.4 Å². The molecule has 0 saturated carbocycles. The number of Topliss-reactive ketones (excluding diaryl/α,β-unsaturated/α-hetero) is 1. The van der Waals surface area contributed by atoms with E-state index in [4.69, 9.17) is 9.15 Å². The number of ketones is 1. The quantitative estimate of drug-likeness (QED) is 0.603. The van der Waals surface area contributed by atoms with Crippen LogP contribution in [0.2, 0.25) is 0 Å². The van der Waals surface area contributed by atoms with Crippen LogP contribution in [0.3, 0.4) is 0 Å². The Labute approximate surface area is 167 Å². The molecule has 9 heteroatoms. The van der Waals surface area contributed by atoms with Gasteiger partial charge >= 0.3 is 0 Å². The smallest absolute Gasteiger partial charge is 0.233 e. The number of halogens is 1. The van der Waals surface area contributed by atoms with Crippen molar-refractivity contribution < 1.29 is 26.8 Å². The van der Waals surface area contributed by atoms with Gasteiger partial charge in [0.1, 0.15) is 11.6 Å². The van der Waals surface area contributed by atoms with E-state index in [-0.39, 0.29) is 36.2 Å². The number of aromatic nitrogens is 1. The van der Waals surface area contributed by atoms with Crippen LogP contribution in [0.1, 0.15) is 35.9 Å². The average Bonchev–Trinajstić information content (AvgIpc) is 2.93. The summed E-state index contributed by atoms with van der Waals surface area (Å²) in [6.07, 6.45) is 0.684. The second-order valence-electron chi connectivity index (χ2n) is 6.97. The number of furan rings is 1. The van der Waals surface area contributed by atoms with E-state index < -0.39 is 21.9 Å². The molecule has 0 radical (unpaired) electrons. The minimum absolute atomic E-state index is 0.125. The van der Waals surface area contributed by atoms with E-state index in [9.17, 15) is 17.6 Å². The zero-order valence-electron chi connectivity index (χ0n) is 16.1. The van der Waals surface area contributed by atoms with Crippen LogP contribution in [-0.4, -0.2) is 38.6 Å². The Morgan fingerprint density at radius 1 is 1.28 bits per heavy atom. The van der Waals surface area contributed by atoms with Gasteiger partial charge in [-0.05, 0) is 44.2 Å². The lowest BCUT2D eigenvalue weighted by atomic mass is 10.0. The van der Waals surface area contributed by atoms with E-state index >= 15 is 0 Å². The molecule has 152 valence electrons. The molecule has 2 aromatic heterocycles. The summed E-state index contributed by atoms with van der Waals surface area (Å²) < 4.78 is 50.7. The van der Waals surface area contributed by atoms with Gasteiger partial charge < -0.3 is 9.15 Å². The largest absolute Gasteiger partial charge is 0.437 e. The number of carbonyl (C=O) groups is 1. The lowest BCUT2D eigenvalue weighted by Gasteiger charge is -2.20. The third-order valence-electron chi connectivity index (χ3n) is 4.89. The summed E-state index contributed by atoms with van der Waals surface area (Å²) in [5.41, 5.74) is 1.52. The van der Waals surface area contributed by atoms with Crippen molar-refractivity contribution in [1.29, 1.82) is 0 Å². The van der Waals surface area contributed by atoms with Gasteiger partial charge in [0, 0.05) is 11.1 Å². The number of benzene rings is 1. The molecule has 1 aliphatic heterocycles. The Kier molecular flexibility index (Phi) is 4.66. The molecule has 4 rings (SSSR count). The van der Waals surface area contributed by atoms with Crippen LogP contribution in [-0.2, 0) is 14.8 Å². The molecule has 0 fully saturated rings. The Balaban J connectivity index is 2.02. The number of rotatable bonds is 3. The molecule has 0 N–H and O–H groups in total. The van der Waals surface area contributed by atoms with E-state index in [0.717, 1.165) is 6.26 Å². The maximum absolute atomic E-state index is 13.3. The monoisotopic (exact) mass is 418 g/mol. The minimum Gasteiger partial charge on any atom is -0.437 e. The molecule has 3 aromatic rings. The number of hydrogen-bond acceptors (Lipinski definition) is 6. The van der Waals surface area contributed by atoms with Crippen LogP contribution in [0.5, 0.6) is 0 Å². The van der Waals surface area contributed by atoms with Crippen molar-refractivity contribution in [3.8, 4) is 11.3 Å². The van der Waals surface area contributed by atoms with Gasteiger partial charge in [-0.1, -0.05) is 0 Å². The number of anilines is 1. The van der Waals surface area contributed by atoms with Gasteiger partial charge in [0.05, 0.1) is 36.5 Å². The number of carbonyl (C=O) groups excluding carboxylic acids is 1. The minimum atomic E-state index is -3.59. The van der Waals surface area contributed by atoms with Crippen molar-refractivity contribution in [3.63, 3.8) is 0 Å². The molecule has 1 aromatic carbocycles. The van der Waals surface area contributed by atoms with E-state index in [1.54, 1.807) is 13.0 Å². The molecule has 1 aliphatic rings. The summed E-state index contributed by atoms with van der Waals surface area (Å²) in [6, 6.07) is 7.27. The van der Waals surface area contributed by atoms with Crippen molar-refractivity contribution in [3.05, 3.63) is 47.3 Å². The summed E-state index contributed by atoms with van der Waals surface area (Å²) in [5.74, 6) is -0.167. The molecule has 3 heterocycles. The molecular formula is C20H19FN2O5S. The number of ether oxygens (including phenoxy) is 1. The van der Waals surface area contributed by atoms with E-state index in [1.165, 1.54) is 35.5 Å². The van der Waals surface area contributed by atoms with Crippen molar-refractivity contribution in [2.75, 3.05) is 23.7 Å². The summed E-state index contributed by atoms with van der Waals surface area (Å²) in [4.78, 5) is 16.9. The SMILES string of the molecule is CC(=O)c1c(-c2ccc(F)cc2)oc2nc3c(cc12)C(C)OCCN3S(C)(=O)=O. The van der Waals surface area contributed by atoms with Crippen LogP contribution in [0, 0.1) is 5.82 Å². The maximum Gasteiger partial charge on any atom is 0.233 e. The number of hydrogen-bond donors (Lipinski definition) is 0. The fraction of sp³-hybridized carbons (Fsp3) is 0.300. The Morgan fingerprint density at radius 3 is 2.59 bits per heavy atom. The highest BCUT2D eigenvalue weighted by molar-refractivity contribution is 7.92. The first kappa shape index (κ1) is 19.5. The van der Waals surface area contributed by atoms with Crippen molar-refractivity contribution >= 4 is 32.7 Å². The summed E-state index contributed by atoms with van der Waals surface area (Å²) in [6.45, 7) is 3.55. The number of nitrogens with zero attached hydrogens (tertiary/aromatic N) is 2. The van der Waals surface area contributed by atoms with Crippen molar-refractivity contribution in [2.24, 2.45) is 0 Å². The van der Waals surface area contributed by atoms with E-state index in [0.29, 0.717) is 22.1 Å². The van der Waals surface area contributed by atoms with Crippen molar-refractivity contribution in [1.82, 2.24) is 4.98 Å². The van der Waals surface area contributed by atoms with Gasteiger partial charge in [-0.2, -0.15) is 4.98 Å². The molecule has 0 aliphatic carbocycles. The molecular weight excluding hydrogens is 399 g/mol. The second-order valence-corrected chi connectivity index (χ2v) is 8.88. The molecule has 7 nitrogen and oxygen atoms in total. The second kappa shape index (κ2) is 6.93. The standard InChI is InChI=1S/C20H19FN2O5S/c1-11(24)17-16-10-15-12(2)27-9-8-23(29(3,25)26)19(15)22-20(16)28-18(17)13-4-6-14(21)7-5-13/h4-7,10,12H,8-9H2,1-3H3. The van der Waals surface area contributed by atoms with Crippen LogP contribution < -0.4 is 4.31 Å². The number of pyridine rings is 1. The predicted octanol–water partition coefficient (Wildman–Crippen LogP) is 3.69. The summed E-state index contributed by atoms with van der Waals surface area (Å²) in [7, 11) is -3.59. The molecule has 1 atom stereocenters. The zero-order valence-corrected chi connectivity index (χ0v) is 16.9. The highest BCUT2D eigenvalue weighted by atomic mass is 32.2.